The van der Waals surface area contributed by atoms with Gasteiger partial charge in [-0.05, 0) is 36.5 Å². The number of ether oxygens (including phenoxy) is 2. The topological polar surface area (TPSA) is 118 Å². The van der Waals surface area contributed by atoms with E-state index in [2.05, 4.69) is 13.8 Å². The molecule has 0 radical (unpaired) electrons. The monoisotopic (exact) mass is 497 g/mol. The second-order valence-corrected chi connectivity index (χ2v) is 10.5. The zero-order valence-corrected chi connectivity index (χ0v) is 20.7. The summed E-state index contributed by atoms with van der Waals surface area (Å²) in [6, 6.07) is 10.2. The number of halogens is 1. The first kappa shape index (κ1) is 24.2. The molecule has 2 aromatic carbocycles. The molecule has 4 N–H and O–H groups in total. The lowest BCUT2D eigenvalue weighted by Crippen LogP contribution is -2.44. The van der Waals surface area contributed by atoms with Gasteiger partial charge in [0.15, 0.2) is 11.6 Å². The van der Waals surface area contributed by atoms with Gasteiger partial charge < -0.3 is 25.9 Å². The SMILES string of the molecule is COc1c(N2CC([C@@H](N)COc3ccccc3)C(C)(C)C2)c(F)cc2c(=O)n(N)c(=O)n(C3CC3)c12. The van der Waals surface area contributed by atoms with Crippen molar-refractivity contribution in [1.29, 1.82) is 0 Å². The Hall–Kier alpha value is -3.53. The molecule has 9 nitrogen and oxygen atoms in total. The van der Waals surface area contributed by atoms with E-state index >= 15 is 4.39 Å². The lowest BCUT2D eigenvalue weighted by molar-refractivity contribution is 0.185. The average molecular weight is 498 g/mol. The largest absolute Gasteiger partial charge is 0.492 e. The highest BCUT2D eigenvalue weighted by molar-refractivity contribution is 5.91. The van der Waals surface area contributed by atoms with Crippen molar-refractivity contribution in [3.63, 3.8) is 0 Å². The Labute approximate surface area is 208 Å². The maximum Gasteiger partial charge on any atom is 0.350 e. The summed E-state index contributed by atoms with van der Waals surface area (Å²) >= 11 is 0. The molecule has 0 bridgehead atoms. The number of nitrogens with two attached hydrogens (primary N) is 2. The molecule has 2 heterocycles. The highest BCUT2D eigenvalue weighted by Crippen LogP contribution is 2.46. The van der Waals surface area contributed by atoms with Crippen LogP contribution in [0.5, 0.6) is 11.5 Å². The van der Waals surface area contributed by atoms with Crippen LogP contribution in [0.4, 0.5) is 10.1 Å². The van der Waals surface area contributed by atoms with Gasteiger partial charge in [-0.15, -0.1) is 0 Å². The van der Waals surface area contributed by atoms with Gasteiger partial charge in [-0.3, -0.25) is 9.36 Å². The minimum atomic E-state index is -0.754. The van der Waals surface area contributed by atoms with Gasteiger partial charge in [-0.2, -0.15) is 4.68 Å². The molecule has 1 saturated heterocycles. The fraction of sp³-hybridized carbons (Fsp3) is 0.462. The Kier molecular flexibility index (Phi) is 5.94. The van der Waals surface area contributed by atoms with E-state index in [-0.39, 0.29) is 45.8 Å². The number of nitrogen functional groups attached to an aromatic ring is 1. The van der Waals surface area contributed by atoms with Crippen LogP contribution >= 0.6 is 0 Å². The Balaban J connectivity index is 1.54. The fourth-order valence-electron chi connectivity index (χ4n) is 5.47. The molecule has 1 saturated carbocycles. The molecule has 1 aliphatic carbocycles. The van der Waals surface area contributed by atoms with E-state index in [9.17, 15) is 9.59 Å². The summed E-state index contributed by atoms with van der Waals surface area (Å²) < 4.78 is 29.3. The third-order valence-corrected chi connectivity index (χ3v) is 7.44. The van der Waals surface area contributed by atoms with Gasteiger partial charge >= 0.3 is 5.69 Å². The number of nitrogens with zero attached hydrogens (tertiary/aromatic N) is 3. The van der Waals surface area contributed by atoms with Crippen molar-refractivity contribution in [3.8, 4) is 11.5 Å². The van der Waals surface area contributed by atoms with E-state index in [0.717, 1.165) is 24.7 Å². The molecule has 1 aromatic heterocycles. The van der Waals surface area contributed by atoms with Crippen molar-refractivity contribution >= 4 is 16.6 Å². The summed E-state index contributed by atoms with van der Waals surface area (Å²) in [5.41, 5.74) is 5.45. The van der Waals surface area contributed by atoms with Crippen LogP contribution in [-0.2, 0) is 0 Å². The van der Waals surface area contributed by atoms with Gasteiger partial charge in [0.05, 0.1) is 12.5 Å². The predicted molar refractivity (Wildman–Crippen MR) is 137 cm³/mol. The van der Waals surface area contributed by atoms with E-state index in [4.69, 9.17) is 21.1 Å². The van der Waals surface area contributed by atoms with Crippen molar-refractivity contribution in [3.05, 3.63) is 63.1 Å². The van der Waals surface area contributed by atoms with Crippen LogP contribution in [-0.4, -0.2) is 42.1 Å². The van der Waals surface area contributed by atoms with Crippen molar-refractivity contribution < 1.29 is 13.9 Å². The Morgan fingerprint density at radius 3 is 2.53 bits per heavy atom. The van der Waals surface area contributed by atoms with Gasteiger partial charge in [0.2, 0.25) is 0 Å². The Bertz CT molecular complexity index is 1410. The van der Waals surface area contributed by atoms with Crippen molar-refractivity contribution in [2.75, 3.05) is 37.5 Å². The van der Waals surface area contributed by atoms with Gasteiger partial charge in [-0.25, -0.2) is 9.18 Å². The van der Waals surface area contributed by atoms with Crippen LogP contribution < -0.4 is 37.2 Å². The van der Waals surface area contributed by atoms with Crippen LogP contribution in [0.15, 0.2) is 46.0 Å². The molecule has 3 aromatic rings. The first-order valence-corrected chi connectivity index (χ1v) is 12.1. The van der Waals surface area contributed by atoms with Gasteiger partial charge in [0.25, 0.3) is 5.56 Å². The van der Waals surface area contributed by atoms with E-state index < -0.39 is 17.1 Å². The molecule has 2 atom stereocenters. The van der Waals surface area contributed by atoms with Crippen LogP contribution in [0.25, 0.3) is 10.9 Å². The first-order chi connectivity index (χ1) is 17.1. The Morgan fingerprint density at radius 1 is 1.19 bits per heavy atom. The Morgan fingerprint density at radius 2 is 1.89 bits per heavy atom. The first-order valence-electron chi connectivity index (χ1n) is 12.1. The number of aromatic nitrogens is 2. The second kappa shape index (κ2) is 8.85. The number of methoxy groups -OCH3 is 1. The smallest absolute Gasteiger partial charge is 0.350 e. The van der Waals surface area contributed by atoms with Crippen molar-refractivity contribution in [1.82, 2.24) is 9.24 Å². The molecule has 2 aliphatic rings. The second-order valence-electron chi connectivity index (χ2n) is 10.5. The highest BCUT2D eigenvalue weighted by atomic mass is 19.1. The van der Waals surface area contributed by atoms with Crippen molar-refractivity contribution in [2.45, 2.75) is 38.8 Å². The van der Waals surface area contributed by atoms with Gasteiger partial charge in [0.1, 0.15) is 23.6 Å². The van der Waals surface area contributed by atoms with E-state index in [1.165, 1.54) is 11.7 Å². The molecular formula is C26H32FN5O4. The zero-order valence-electron chi connectivity index (χ0n) is 20.7. The lowest BCUT2D eigenvalue weighted by Gasteiger charge is -2.30. The molecule has 10 heteroatoms. The van der Waals surface area contributed by atoms with Crippen LogP contribution in [0.2, 0.25) is 0 Å². The molecule has 36 heavy (non-hydrogen) atoms. The van der Waals surface area contributed by atoms with Gasteiger partial charge in [0, 0.05) is 31.1 Å². The summed E-state index contributed by atoms with van der Waals surface area (Å²) in [7, 11) is 1.42. The molecule has 1 unspecified atom stereocenters. The minimum absolute atomic E-state index is 0.0105. The zero-order chi connectivity index (χ0) is 25.8. The standard InChI is InChI=1S/C26H32FN5O4/c1-26(2)14-30(12-18(26)20(28)13-36-16-7-5-4-6-8-16)22-19(27)11-17-21(23(22)35-3)31(15-9-10-15)25(34)32(29)24(17)33/h4-8,11,15,18,20H,9-10,12-14,28-29H2,1-3H3/t18?,20-/m0/s1. The third kappa shape index (κ3) is 3.99. The number of para-hydroxylation sites is 1. The summed E-state index contributed by atoms with van der Waals surface area (Å²) in [5, 5.41) is 0.0186. The molecule has 1 aliphatic heterocycles. The molecule has 192 valence electrons. The molecule has 0 spiro atoms. The number of rotatable bonds is 7. The summed E-state index contributed by atoms with van der Waals surface area (Å²) in [6.45, 7) is 5.49. The summed E-state index contributed by atoms with van der Waals surface area (Å²) in [5.74, 6) is 6.03. The number of anilines is 1. The van der Waals surface area contributed by atoms with Crippen molar-refractivity contribution in [2.24, 2.45) is 17.1 Å². The van der Waals surface area contributed by atoms with Crippen LogP contribution in [0, 0.1) is 17.2 Å². The van der Waals surface area contributed by atoms with Crippen LogP contribution in [0.3, 0.4) is 0 Å². The summed E-state index contributed by atoms with van der Waals surface area (Å²) in [6.07, 6.45) is 1.55. The maximum absolute atomic E-state index is 15.7. The molecular weight excluding hydrogens is 465 g/mol. The van der Waals surface area contributed by atoms with E-state index in [0.29, 0.717) is 24.4 Å². The number of hydrogen-bond acceptors (Lipinski definition) is 7. The molecule has 5 rings (SSSR count). The number of hydrogen-bond donors (Lipinski definition) is 2. The van der Waals surface area contributed by atoms with E-state index in [1.807, 2.05) is 35.2 Å². The van der Waals surface area contributed by atoms with Gasteiger partial charge in [-0.1, -0.05) is 32.0 Å². The quantitative estimate of drug-likeness (QED) is 0.481. The molecule has 0 amide bonds. The molecule has 2 fully saturated rings. The maximum atomic E-state index is 15.7. The third-order valence-electron chi connectivity index (χ3n) is 7.44. The average Bonchev–Trinajstić information content (AvgIpc) is 3.64. The number of fused-ring (bicyclic) bond motifs is 1. The fourth-order valence-corrected chi connectivity index (χ4v) is 5.47. The predicted octanol–water partition coefficient (Wildman–Crippen LogP) is 2.23. The highest BCUT2D eigenvalue weighted by Gasteiger charge is 2.44. The normalized spacial score (nSPS) is 20.0. The number of benzene rings is 2. The minimum Gasteiger partial charge on any atom is -0.492 e. The van der Waals surface area contributed by atoms with Crippen LogP contribution in [0.1, 0.15) is 32.7 Å². The lowest BCUT2D eigenvalue weighted by atomic mass is 9.78. The summed E-state index contributed by atoms with van der Waals surface area (Å²) in [4.78, 5) is 27.6. The van der Waals surface area contributed by atoms with E-state index in [1.54, 1.807) is 0 Å².